The molecule has 0 radical (unpaired) electrons. The molecule has 2 nitrogen and oxygen atoms in total. The number of phenols is 1. The molecular formula is C12H16BrNO. The average molecular weight is 270 g/mol. The number of nitrogens with one attached hydrogen (secondary N) is 1. The Bertz CT molecular complexity index is 349. The number of hydrogen-bond donors (Lipinski definition) is 2. The molecule has 1 saturated carbocycles. The summed E-state index contributed by atoms with van der Waals surface area (Å²) < 4.78 is 1.02. The van der Waals surface area contributed by atoms with Gasteiger partial charge in [0.15, 0.2) is 0 Å². The summed E-state index contributed by atoms with van der Waals surface area (Å²) in [4.78, 5) is 0. The van der Waals surface area contributed by atoms with Gasteiger partial charge >= 0.3 is 0 Å². The van der Waals surface area contributed by atoms with Gasteiger partial charge in [-0.1, -0.05) is 22.9 Å². The SMILES string of the molecule is CC[C@H](NC1CC1)c1cc(Br)ccc1O. The van der Waals surface area contributed by atoms with Crippen molar-refractivity contribution >= 4 is 15.9 Å². The van der Waals surface area contributed by atoms with Gasteiger partial charge in [0.1, 0.15) is 5.75 Å². The van der Waals surface area contributed by atoms with E-state index in [1.54, 1.807) is 6.07 Å². The number of halogens is 1. The third-order valence-electron chi connectivity index (χ3n) is 2.79. The van der Waals surface area contributed by atoms with Crippen LogP contribution in [-0.2, 0) is 0 Å². The minimum atomic E-state index is 0.273. The Morgan fingerprint density at radius 2 is 2.27 bits per heavy atom. The maximum Gasteiger partial charge on any atom is 0.120 e. The third-order valence-corrected chi connectivity index (χ3v) is 3.28. The Balaban J connectivity index is 2.19. The zero-order valence-corrected chi connectivity index (χ0v) is 10.4. The van der Waals surface area contributed by atoms with Crippen LogP contribution in [0.1, 0.15) is 37.8 Å². The van der Waals surface area contributed by atoms with Crippen LogP contribution in [0.2, 0.25) is 0 Å². The topological polar surface area (TPSA) is 32.3 Å². The monoisotopic (exact) mass is 269 g/mol. The number of hydrogen-bond acceptors (Lipinski definition) is 2. The lowest BCUT2D eigenvalue weighted by Crippen LogP contribution is -2.22. The highest BCUT2D eigenvalue weighted by molar-refractivity contribution is 9.10. The van der Waals surface area contributed by atoms with Crippen molar-refractivity contribution in [3.8, 4) is 5.75 Å². The van der Waals surface area contributed by atoms with E-state index in [4.69, 9.17) is 0 Å². The van der Waals surface area contributed by atoms with E-state index in [1.165, 1.54) is 12.8 Å². The van der Waals surface area contributed by atoms with E-state index in [0.29, 0.717) is 11.8 Å². The van der Waals surface area contributed by atoms with E-state index >= 15 is 0 Å². The molecule has 1 aliphatic rings. The summed E-state index contributed by atoms with van der Waals surface area (Å²) in [7, 11) is 0. The van der Waals surface area contributed by atoms with Crippen LogP contribution in [0.3, 0.4) is 0 Å². The van der Waals surface area contributed by atoms with Crippen LogP contribution in [0.5, 0.6) is 5.75 Å². The fourth-order valence-electron chi connectivity index (χ4n) is 1.77. The first-order chi connectivity index (χ1) is 7.20. The van der Waals surface area contributed by atoms with Crippen LogP contribution in [-0.4, -0.2) is 11.1 Å². The molecule has 2 rings (SSSR count). The molecule has 1 aromatic rings. The van der Waals surface area contributed by atoms with Gasteiger partial charge in [0, 0.05) is 22.1 Å². The molecule has 0 aliphatic heterocycles. The molecule has 0 spiro atoms. The van der Waals surface area contributed by atoms with Gasteiger partial charge < -0.3 is 10.4 Å². The highest BCUT2D eigenvalue weighted by Crippen LogP contribution is 2.32. The van der Waals surface area contributed by atoms with Crippen LogP contribution in [0.25, 0.3) is 0 Å². The fourth-order valence-corrected chi connectivity index (χ4v) is 2.15. The molecule has 0 heterocycles. The van der Waals surface area contributed by atoms with Crippen LogP contribution < -0.4 is 5.32 Å². The quantitative estimate of drug-likeness (QED) is 0.879. The minimum Gasteiger partial charge on any atom is -0.508 e. The van der Waals surface area contributed by atoms with E-state index in [-0.39, 0.29) is 6.04 Å². The Morgan fingerprint density at radius 1 is 1.53 bits per heavy atom. The molecule has 0 saturated heterocycles. The molecule has 1 fully saturated rings. The predicted molar refractivity (Wildman–Crippen MR) is 65.0 cm³/mol. The van der Waals surface area contributed by atoms with Crippen LogP contribution in [0.15, 0.2) is 22.7 Å². The van der Waals surface area contributed by atoms with Crippen molar-refractivity contribution in [2.24, 2.45) is 0 Å². The van der Waals surface area contributed by atoms with Gasteiger partial charge in [-0.05, 0) is 37.5 Å². The van der Waals surface area contributed by atoms with Crippen molar-refractivity contribution < 1.29 is 5.11 Å². The molecule has 0 amide bonds. The van der Waals surface area contributed by atoms with Gasteiger partial charge in [-0.2, -0.15) is 0 Å². The Labute approximate surface area is 98.8 Å². The molecule has 0 aromatic heterocycles. The number of phenolic OH excluding ortho intramolecular Hbond substituents is 1. The highest BCUT2D eigenvalue weighted by Gasteiger charge is 2.25. The first-order valence-corrected chi connectivity index (χ1v) is 6.24. The number of rotatable bonds is 4. The minimum absolute atomic E-state index is 0.273. The second kappa shape index (κ2) is 4.54. The standard InChI is InChI=1S/C12H16BrNO/c1-2-11(14-9-4-5-9)10-7-8(13)3-6-12(10)15/h3,6-7,9,11,14-15H,2,4-5H2,1H3/t11-/m0/s1. The van der Waals surface area contributed by atoms with Gasteiger partial charge in [-0.15, -0.1) is 0 Å². The second-order valence-electron chi connectivity index (χ2n) is 4.10. The Hall–Kier alpha value is -0.540. The zero-order chi connectivity index (χ0) is 10.8. The average Bonchev–Trinajstić information content (AvgIpc) is 3.02. The lowest BCUT2D eigenvalue weighted by atomic mass is 10.0. The van der Waals surface area contributed by atoms with Gasteiger partial charge in [0.05, 0.1) is 0 Å². The Morgan fingerprint density at radius 3 is 2.87 bits per heavy atom. The van der Waals surface area contributed by atoms with Crippen molar-refractivity contribution in [1.82, 2.24) is 5.32 Å². The molecule has 0 unspecified atom stereocenters. The summed E-state index contributed by atoms with van der Waals surface area (Å²) in [6.45, 7) is 2.14. The first kappa shape index (κ1) is 11.0. The molecular weight excluding hydrogens is 254 g/mol. The molecule has 1 atom stereocenters. The summed E-state index contributed by atoms with van der Waals surface area (Å²) in [6, 6.07) is 6.54. The number of aromatic hydroxyl groups is 1. The van der Waals surface area contributed by atoms with E-state index in [2.05, 4.69) is 28.2 Å². The van der Waals surface area contributed by atoms with Gasteiger partial charge in [-0.3, -0.25) is 0 Å². The number of benzene rings is 1. The largest absolute Gasteiger partial charge is 0.508 e. The second-order valence-corrected chi connectivity index (χ2v) is 5.02. The normalized spacial score (nSPS) is 17.7. The zero-order valence-electron chi connectivity index (χ0n) is 8.83. The van der Waals surface area contributed by atoms with Gasteiger partial charge in [0.2, 0.25) is 0 Å². The molecule has 15 heavy (non-hydrogen) atoms. The van der Waals surface area contributed by atoms with Crippen molar-refractivity contribution in [2.45, 2.75) is 38.3 Å². The third kappa shape index (κ3) is 2.73. The van der Waals surface area contributed by atoms with E-state index < -0.39 is 0 Å². The maximum absolute atomic E-state index is 9.81. The van der Waals surface area contributed by atoms with Crippen LogP contribution in [0.4, 0.5) is 0 Å². The van der Waals surface area contributed by atoms with E-state index in [9.17, 15) is 5.11 Å². The molecule has 2 N–H and O–H groups in total. The fraction of sp³-hybridized carbons (Fsp3) is 0.500. The summed E-state index contributed by atoms with van der Waals surface area (Å²) in [5, 5.41) is 13.4. The first-order valence-electron chi connectivity index (χ1n) is 5.45. The van der Waals surface area contributed by atoms with Crippen molar-refractivity contribution in [1.29, 1.82) is 0 Å². The molecule has 0 bridgehead atoms. The molecule has 1 aliphatic carbocycles. The smallest absolute Gasteiger partial charge is 0.120 e. The van der Waals surface area contributed by atoms with Crippen molar-refractivity contribution in [3.63, 3.8) is 0 Å². The van der Waals surface area contributed by atoms with Crippen LogP contribution >= 0.6 is 15.9 Å². The molecule has 1 aromatic carbocycles. The van der Waals surface area contributed by atoms with Gasteiger partial charge in [0.25, 0.3) is 0 Å². The summed E-state index contributed by atoms with van der Waals surface area (Å²) in [6.07, 6.45) is 3.54. The van der Waals surface area contributed by atoms with Gasteiger partial charge in [-0.25, -0.2) is 0 Å². The van der Waals surface area contributed by atoms with E-state index in [1.807, 2.05) is 12.1 Å². The summed E-state index contributed by atoms with van der Waals surface area (Å²) in [5.74, 6) is 0.387. The predicted octanol–water partition coefficient (Wildman–Crippen LogP) is 3.36. The molecule has 82 valence electrons. The lowest BCUT2D eigenvalue weighted by molar-refractivity contribution is 0.440. The Kier molecular flexibility index (Phi) is 3.32. The van der Waals surface area contributed by atoms with E-state index in [0.717, 1.165) is 16.5 Å². The summed E-state index contributed by atoms with van der Waals surface area (Å²) >= 11 is 3.44. The molecule has 3 heteroatoms. The van der Waals surface area contributed by atoms with Crippen LogP contribution in [0, 0.1) is 0 Å². The summed E-state index contributed by atoms with van der Waals surface area (Å²) in [5.41, 5.74) is 0.999. The lowest BCUT2D eigenvalue weighted by Gasteiger charge is -2.18. The van der Waals surface area contributed by atoms with Crippen molar-refractivity contribution in [3.05, 3.63) is 28.2 Å². The highest BCUT2D eigenvalue weighted by atomic mass is 79.9. The maximum atomic E-state index is 9.81. The van der Waals surface area contributed by atoms with Crippen molar-refractivity contribution in [2.75, 3.05) is 0 Å².